The van der Waals surface area contributed by atoms with Gasteiger partial charge in [-0.25, -0.2) is 4.39 Å². The Labute approximate surface area is 139 Å². The van der Waals surface area contributed by atoms with Gasteiger partial charge >= 0.3 is 0 Å². The Morgan fingerprint density at radius 3 is 2.96 bits per heavy atom. The van der Waals surface area contributed by atoms with Crippen LogP contribution in [0.2, 0.25) is 0 Å². The fourth-order valence-electron chi connectivity index (χ4n) is 3.23. The van der Waals surface area contributed by atoms with Crippen molar-refractivity contribution in [2.24, 2.45) is 10.9 Å². The molecule has 1 aliphatic carbocycles. The largest absolute Gasteiger partial charge is 0.313 e. The summed E-state index contributed by atoms with van der Waals surface area (Å²) in [7, 11) is 0. The fraction of sp³-hybridized carbons (Fsp3) is 0.444. The summed E-state index contributed by atoms with van der Waals surface area (Å²) in [6.45, 7) is 4.31. The van der Waals surface area contributed by atoms with E-state index >= 15 is 0 Å². The average molecular weight is 332 g/mol. The van der Waals surface area contributed by atoms with E-state index in [0.29, 0.717) is 23.7 Å². The number of hydrogen-bond donors (Lipinski definition) is 0. The number of carbonyl (C=O) groups excluding carboxylic acids is 1. The van der Waals surface area contributed by atoms with Crippen LogP contribution in [0.1, 0.15) is 38.5 Å². The monoisotopic (exact) mass is 332 g/mol. The molecular formula is C18H21FN2OS. The third-order valence-corrected chi connectivity index (χ3v) is 5.46. The third-order valence-electron chi connectivity index (χ3n) is 4.42. The number of rotatable bonds is 5. The van der Waals surface area contributed by atoms with Crippen molar-refractivity contribution in [2.75, 3.05) is 0 Å². The molecule has 1 aliphatic rings. The van der Waals surface area contributed by atoms with Crippen LogP contribution in [0.25, 0.3) is 10.2 Å². The highest BCUT2D eigenvalue weighted by molar-refractivity contribution is 7.16. The van der Waals surface area contributed by atoms with E-state index in [1.165, 1.54) is 49.2 Å². The second-order valence-corrected chi connectivity index (χ2v) is 7.10. The SMILES string of the molecule is C=CCn1c(=NC(=O)CCC2CCCC2)sc2cc(F)ccc21. The van der Waals surface area contributed by atoms with Crippen molar-refractivity contribution in [3.05, 3.63) is 41.5 Å². The molecule has 0 N–H and O–H groups in total. The summed E-state index contributed by atoms with van der Waals surface area (Å²) < 4.78 is 16.1. The molecule has 0 radical (unpaired) electrons. The van der Waals surface area contributed by atoms with Crippen molar-refractivity contribution in [2.45, 2.75) is 45.1 Å². The lowest BCUT2D eigenvalue weighted by atomic mass is 10.0. The standard InChI is InChI=1S/C18H21FN2OS/c1-2-11-21-15-9-8-14(19)12-16(15)23-18(21)20-17(22)10-7-13-5-3-4-6-13/h2,8-9,12-13H,1,3-7,10-11H2. The van der Waals surface area contributed by atoms with Gasteiger partial charge in [0.15, 0.2) is 4.80 Å². The van der Waals surface area contributed by atoms with E-state index in [4.69, 9.17) is 0 Å². The Morgan fingerprint density at radius 1 is 1.43 bits per heavy atom. The Hall–Kier alpha value is -1.75. The van der Waals surface area contributed by atoms with Gasteiger partial charge in [0.05, 0.1) is 10.2 Å². The molecule has 0 unspecified atom stereocenters. The number of thiazole rings is 1. The van der Waals surface area contributed by atoms with E-state index < -0.39 is 0 Å². The molecule has 1 fully saturated rings. The van der Waals surface area contributed by atoms with E-state index in [2.05, 4.69) is 11.6 Å². The first kappa shape index (κ1) is 16.1. The molecule has 3 rings (SSSR count). The molecule has 1 aromatic carbocycles. The van der Waals surface area contributed by atoms with E-state index in [0.717, 1.165) is 16.6 Å². The van der Waals surface area contributed by atoms with Crippen LogP contribution in [0.5, 0.6) is 0 Å². The summed E-state index contributed by atoms with van der Waals surface area (Å²) in [5, 5.41) is 0. The highest BCUT2D eigenvalue weighted by Gasteiger charge is 2.16. The molecule has 122 valence electrons. The van der Waals surface area contributed by atoms with Crippen molar-refractivity contribution in [1.82, 2.24) is 4.57 Å². The summed E-state index contributed by atoms with van der Waals surface area (Å²) in [6.07, 6.45) is 8.26. The molecule has 1 amide bonds. The fourth-order valence-corrected chi connectivity index (χ4v) is 4.31. The lowest BCUT2D eigenvalue weighted by molar-refractivity contribution is -0.118. The van der Waals surface area contributed by atoms with Gasteiger partial charge in [-0.1, -0.05) is 43.1 Å². The Balaban J connectivity index is 1.85. The van der Waals surface area contributed by atoms with Crippen molar-refractivity contribution >= 4 is 27.5 Å². The average Bonchev–Trinajstić information content (AvgIpc) is 3.14. The molecule has 0 saturated heterocycles. The quantitative estimate of drug-likeness (QED) is 0.746. The van der Waals surface area contributed by atoms with Gasteiger partial charge in [0.2, 0.25) is 5.91 Å². The zero-order chi connectivity index (χ0) is 16.2. The molecule has 3 nitrogen and oxygen atoms in total. The maximum atomic E-state index is 13.4. The highest BCUT2D eigenvalue weighted by atomic mass is 32.1. The van der Waals surface area contributed by atoms with Crippen LogP contribution in [0.15, 0.2) is 35.8 Å². The predicted molar refractivity (Wildman–Crippen MR) is 91.7 cm³/mol. The number of fused-ring (bicyclic) bond motifs is 1. The van der Waals surface area contributed by atoms with Gasteiger partial charge in [-0.3, -0.25) is 4.79 Å². The second-order valence-electron chi connectivity index (χ2n) is 6.09. The smallest absolute Gasteiger partial charge is 0.248 e. The highest BCUT2D eigenvalue weighted by Crippen LogP contribution is 2.28. The minimum absolute atomic E-state index is 0.0817. The van der Waals surface area contributed by atoms with Gasteiger partial charge < -0.3 is 4.57 Å². The van der Waals surface area contributed by atoms with Gasteiger partial charge in [0.1, 0.15) is 5.82 Å². The zero-order valence-electron chi connectivity index (χ0n) is 13.1. The van der Waals surface area contributed by atoms with Crippen LogP contribution in [0, 0.1) is 11.7 Å². The molecule has 1 saturated carbocycles. The number of benzene rings is 1. The van der Waals surface area contributed by atoms with Crippen LogP contribution in [0.4, 0.5) is 4.39 Å². The van der Waals surface area contributed by atoms with E-state index in [-0.39, 0.29) is 11.7 Å². The molecule has 2 aromatic rings. The molecule has 0 atom stereocenters. The van der Waals surface area contributed by atoms with Crippen molar-refractivity contribution in [3.8, 4) is 0 Å². The summed E-state index contributed by atoms with van der Waals surface area (Å²) >= 11 is 1.35. The number of hydrogen-bond acceptors (Lipinski definition) is 2. The number of carbonyl (C=O) groups is 1. The minimum atomic E-state index is -0.274. The van der Waals surface area contributed by atoms with E-state index in [1.54, 1.807) is 12.1 Å². The first-order valence-corrected chi connectivity index (χ1v) is 8.96. The number of nitrogens with zero attached hydrogens (tertiary/aromatic N) is 2. The molecule has 23 heavy (non-hydrogen) atoms. The molecule has 0 spiro atoms. The van der Waals surface area contributed by atoms with Crippen molar-refractivity contribution in [3.63, 3.8) is 0 Å². The third kappa shape index (κ3) is 3.78. The summed E-state index contributed by atoms with van der Waals surface area (Å²) in [4.78, 5) is 17.1. The number of allylic oxidation sites excluding steroid dienone is 1. The topological polar surface area (TPSA) is 34.4 Å². The first-order valence-electron chi connectivity index (χ1n) is 8.14. The van der Waals surface area contributed by atoms with E-state index in [1.807, 2.05) is 4.57 Å². The maximum absolute atomic E-state index is 13.4. The Bertz CT molecular complexity index is 784. The second kappa shape index (κ2) is 7.21. The van der Waals surface area contributed by atoms with Crippen LogP contribution < -0.4 is 4.80 Å². The van der Waals surface area contributed by atoms with Gasteiger partial charge in [0, 0.05) is 13.0 Å². The van der Waals surface area contributed by atoms with Crippen LogP contribution in [-0.2, 0) is 11.3 Å². The number of amides is 1. The van der Waals surface area contributed by atoms with E-state index in [9.17, 15) is 9.18 Å². The Morgan fingerprint density at radius 2 is 2.22 bits per heavy atom. The van der Waals surface area contributed by atoms with Crippen LogP contribution >= 0.6 is 11.3 Å². The summed E-state index contributed by atoms with van der Waals surface area (Å²) in [5.74, 6) is 0.330. The van der Waals surface area contributed by atoms with Crippen molar-refractivity contribution in [1.29, 1.82) is 0 Å². The predicted octanol–water partition coefficient (Wildman–Crippen LogP) is 4.43. The maximum Gasteiger partial charge on any atom is 0.248 e. The number of aromatic nitrogens is 1. The van der Waals surface area contributed by atoms with Gasteiger partial charge in [-0.05, 0) is 30.5 Å². The zero-order valence-corrected chi connectivity index (χ0v) is 13.9. The van der Waals surface area contributed by atoms with Crippen LogP contribution in [0.3, 0.4) is 0 Å². The first-order chi connectivity index (χ1) is 11.2. The molecular weight excluding hydrogens is 311 g/mol. The van der Waals surface area contributed by atoms with Crippen molar-refractivity contribution < 1.29 is 9.18 Å². The molecule has 1 heterocycles. The molecule has 5 heteroatoms. The summed E-state index contributed by atoms with van der Waals surface area (Å²) in [5.41, 5.74) is 0.888. The molecule has 0 bridgehead atoms. The van der Waals surface area contributed by atoms with Crippen LogP contribution in [-0.4, -0.2) is 10.5 Å². The summed E-state index contributed by atoms with van der Waals surface area (Å²) in [6, 6.07) is 4.65. The lowest BCUT2D eigenvalue weighted by Gasteiger charge is -2.05. The normalized spacial score (nSPS) is 16.3. The van der Waals surface area contributed by atoms with Gasteiger partial charge in [-0.15, -0.1) is 6.58 Å². The molecule has 1 aromatic heterocycles. The minimum Gasteiger partial charge on any atom is -0.313 e. The lowest BCUT2D eigenvalue weighted by Crippen LogP contribution is -2.16. The van der Waals surface area contributed by atoms with Gasteiger partial charge in [-0.2, -0.15) is 4.99 Å². The number of halogens is 1. The molecule has 0 aliphatic heterocycles. The van der Waals surface area contributed by atoms with Gasteiger partial charge in [0.25, 0.3) is 0 Å². The Kier molecular flexibility index (Phi) is 5.06.